The zero-order chi connectivity index (χ0) is 16.1. The molecule has 1 saturated carbocycles. The Morgan fingerprint density at radius 2 is 2.09 bits per heavy atom. The zero-order valence-electron chi connectivity index (χ0n) is 12.4. The van der Waals surface area contributed by atoms with E-state index in [0.717, 1.165) is 25.3 Å². The molecule has 1 aromatic rings. The van der Waals surface area contributed by atoms with Crippen molar-refractivity contribution in [1.82, 2.24) is 5.32 Å². The fraction of sp³-hybridized carbons (Fsp3) is 0.500. The number of benzene rings is 1. The van der Waals surface area contributed by atoms with Gasteiger partial charge in [-0.25, -0.2) is 9.18 Å². The number of hydrogen-bond acceptors (Lipinski definition) is 3. The molecule has 1 aliphatic rings. The van der Waals surface area contributed by atoms with Gasteiger partial charge in [0.25, 0.3) is 5.91 Å². The standard InChI is InChI=1S/C16H19BrFNO3/c1-10-4-2-3-5-14(10)19-15(20)9-22-16(21)12-8-11(18)6-7-13(12)17/h6-8,10,14H,2-5,9H2,1H3,(H,19,20)/t10-,14-/m1/s1. The van der Waals surface area contributed by atoms with Gasteiger partial charge in [-0.05, 0) is 52.9 Å². The van der Waals surface area contributed by atoms with Crippen molar-refractivity contribution in [1.29, 1.82) is 0 Å². The fourth-order valence-electron chi connectivity index (χ4n) is 2.64. The summed E-state index contributed by atoms with van der Waals surface area (Å²) in [6.45, 7) is 1.75. The van der Waals surface area contributed by atoms with E-state index < -0.39 is 11.8 Å². The van der Waals surface area contributed by atoms with E-state index in [1.807, 2.05) is 0 Å². The lowest BCUT2D eigenvalue weighted by Gasteiger charge is -2.29. The smallest absolute Gasteiger partial charge is 0.339 e. The van der Waals surface area contributed by atoms with Crippen LogP contribution in [-0.4, -0.2) is 24.5 Å². The van der Waals surface area contributed by atoms with Crippen molar-refractivity contribution in [2.24, 2.45) is 5.92 Å². The lowest BCUT2D eigenvalue weighted by molar-refractivity contribution is -0.125. The quantitative estimate of drug-likeness (QED) is 0.824. The number of ether oxygens (including phenoxy) is 1. The van der Waals surface area contributed by atoms with Gasteiger partial charge in [-0.2, -0.15) is 0 Å². The molecule has 120 valence electrons. The van der Waals surface area contributed by atoms with Crippen LogP contribution in [-0.2, 0) is 9.53 Å². The summed E-state index contributed by atoms with van der Waals surface area (Å²) in [5, 5.41) is 2.90. The molecule has 4 nitrogen and oxygen atoms in total. The summed E-state index contributed by atoms with van der Waals surface area (Å²) in [7, 11) is 0. The molecule has 0 bridgehead atoms. The van der Waals surface area contributed by atoms with Gasteiger partial charge in [-0.15, -0.1) is 0 Å². The maximum atomic E-state index is 13.2. The van der Waals surface area contributed by atoms with Gasteiger partial charge in [0.15, 0.2) is 6.61 Å². The van der Waals surface area contributed by atoms with Crippen LogP contribution in [0.2, 0.25) is 0 Å². The average Bonchev–Trinajstić information content (AvgIpc) is 2.49. The summed E-state index contributed by atoms with van der Waals surface area (Å²) in [4.78, 5) is 23.8. The molecule has 0 spiro atoms. The van der Waals surface area contributed by atoms with Crippen molar-refractivity contribution in [3.8, 4) is 0 Å². The van der Waals surface area contributed by atoms with Gasteiger partial charge >= 0.3 is 5.97 Å². The number of carbonyl (C=O) groups excluding carboxylic acids is 2. The number of carbonyl (C=O) groups is 2. The van der Waals surface area contributed by atoms with Crippen LogP contribution >= 0.6 is 15.9 Å². The second-order valence-corrected chi connectivity index (χ2v) is 6.49. The average molecular weight is 372 g/mol. The predicted octanol–water partition coefficient (Wildman–Crippen LogP) is 3.44. The molecule has 6 heteroatoms. The van der Waals surface area contributed by atoms with Crippen LogP contribution < -0.4 is 5.32 Å². The van der Waals surface area contributed by atoms with Crippen molar-refractivity contribution in [2.75, 3.05) is 6.61 Å². The molecule has 2 atom stereocenters. The van der Waals surface area contributed by atoms with Crippen LogP contribution in [0.3, 0.4) is 0 Å². The minimum absolute atomic E-state index is 0.0684. The van der Waals surface area contributed by atoms with Crippen molar-refractivity contribution in [3.05, 3.63) is 34.1 Å². The molecular formula is C16H19BrFNO3. The molecule has 0 aromatic heterocycles. The molecule has 0 unspecified atom stereocenters. The molecule has 1 aliphatic carbocycles. The third-order valence-corrected chi connectivity index (χ3v) is 4.63. The van der Waals surface area contributed by atoms with E-state index in [0.29, 0.717) is 10.4 Å². The third kappa shape index (κ3) is 4.53. The number of amides is 1. The van der Waals surface area contributed by atoms with Crippen LogP contribution in [0, 0.1) is 11.7 Å². The highest BCUT2D eigenvalue weighted by Crippen LogP contribution is 2.23. The summed E-state index contributed by atoms with van der Waals surface area (Å²) in [6.07, 6.45) is 4.35. The van der Waals surface area contributed by atoms with Crippen LogP contribution in [0.5, 0.6) is 0 Å². The van der Waals surface area contributed by atoms with Gasteiger partial charge in [-0.3, -0.25) is 4.79 Å². The van der Waals surface area contributed by atoms with E-state index in [4.69, 9.17) is 4.74 Å². The SMILES string of the molecule is C[C@@H]1CCCC[C@H]1NC(=O)COC(=O)c1cc(F)ccc1Br. The molecule has 0 saturated heterocycles. The second-order valence-electron chi connectivity index (χ2n) is 5.64. The Bertz CT molecular complexity index is 564. The minimum atomic E-state index is -0.724. The van der Waals surface area contributed by atoms with Crippen LogP contribution in [0.1, 0.15) is 43.0 Å². The van der Waals surface area contributed by atoms with Crippen molar-refractivity contribution in [2.45, 2.75) is 38.6 Å². The Labute approximate surface area is 137 Å². The molecule has 2 rings (SSSR count). The molecule has 0 aliphatic heterocycles. The van der Waals surface area contributed by atoms with Crippen LogP contribution in [0.25, 0.3) is 0 Å². The Kier molecular flexibility index (Phi) is 5.94. The van der Waals surface area contributed by atoms with E-state index in [-0.39, 0.29) is 24.1 Å². The highest BCUT2D eigenvalue weighted by molar-refractivity contribution is 9.10. The summed E-state index contributed by atoms with van der Waals surface area (Å²) in [5.41, 5.74) is 0.0684. The Morgan fingerprint density at radius 1 is 1.36 bits per heavy atom. The van der Waals surface area contributed by atoms with E-state index in [1.165, 1.54) is 18.6 Å². The van der Waals surface area contributed by atoms with Crippen molar-refractivity contribution >= 4 is 27.8 Å². The number of esters is 1. The van der Waals surface area contributed by atoms with Gasteiger partial charge in [-0.1, -0.05) is 19.8 Å². The normalized spacial score (nSPS) is 21.2. The first-order valence-electron chi connectivity index (χ1n) is 7.39. The number of rotatable bonds is 4. The Balaban J connectivity index is 1.85. The van der Waals surface area contributed by atoms with Gasteiger partial charge in [0.2, 0.25) is 0 Å². The lowest BCUT2D eigenvalue weighted by atomic mass is 9.86. The van der Waals surface area contributed by atoms with Gasteiger partial charge in [0, 0.05) is 10.5 Å². The number of hydrogen-bond donors (Lipinski definition) is 1. The minimum Gasteiger partial charge on any atom is -0.452 e. The molecular weight excluding hydrogens is 353 g/mol. The topological polar surface area (TPSA) is 55.4 Å². The monoisotopic (exact) mass is 371 g/mol. The number of halogens is 2. The molecule has 1 aromatic carbocycles. The summed E-state index contributed by atoms with van der Waals surface area (Å²) >= 11 is 3.16. The van der Waals surface area contributed by atoms with Gasteiger partial charge in [0.05, 0.1) is 5.56 Å². The molecule has 0 heterocycles. The maximum absolute atomic E-state index is 13.2. The largest absolute Gasteiger partial charge is 0.452 e. The van der Waals surface area contributed by atoms with Crippen molar-refractivity contribution in [3.63, 3.8) is 0 Å². The molecule has 1 N–H and O–H groups in total. The molecule has 1 fully saturated rings. The summed E-state index contributed by atoms with van der Waals surface area (Å²) < 4.78 is 18.5. The highest BCUT2D eigenvalue weighted by atomic mass is 79.9. The Hall–Kier alpha value is -1.43. The van der Waals surface area contributed by atoms with Crippen LogP contribution in [0.4, 0.5) is 4.39 Å². The van der Waals surface area contributed by atoms with E-state index in [2.05, 4.69) is 28.2 Å². The first-order chi connectivity index (χ1) is 10.5. The predicted molar refractivity (Wildman–Crippen MR) is 83.9 cm³/mol. The van der Waals surface area contributed by atoms with Crippen molar-refractivity contribution < 1.29 is 18.7 Å². The number of nitrogens with one attached hydrogen (secondary N) is 1. The first kappa shape index (κ1) is 16.9. The van der Waals surface area contributed by atoms with E-state index >= 15 is 0 Å². The molecule has 1 amide bonds. The zero-order valence-corrected chi connectivity index (χ0v) is 14.0. The second kappa shape index (κ2) is 7.72. The summed E-state index contributed by atoms with van der Waals surface area (Å²) in [6, 6.07) is 3.88. The first-order valence-corrected chi connectivity index (χ1v) is 8.18. The third-order valence-electron chi connectivity index (χ3n) is 3.94. The van der Waals surface area contributed by atoms with Crippen LogP contribution in [0.15, 0.2) is 22.7 Å². The van der Waals surface area contributed by atoms with Gasteiger partial charge < -0.3 is 10.1 Å². The van der Waals surface area contributed by atoms with E-state index in [9.17, 15) is 14.0 Å². The van der Waals surface area contributed by atoms with Gasteiger partial charge in [0.1, 0.15) is 5.82 Å². The fourth-order valence-corrected chi connectivity index (χ4v) is 3.05. The molecule has 22 heavy (non-hydrogen) atoms. The maximum Gasteiger partial charge on any atom is 0.339 e. The summed E-state index contributed by atoms with van der Waals surface area (Å²) in [5.74, 6) is -1.14. The van der Waals surface area contributed by atoms with E-state index in [1.54, 1.807) is 0 Å². The Morgan fingerprint density at radius 3 is 2.82 bits per heavy atom. The lowest BCUT2D eigenvalue weighted by Crippen LogP contribution is -2.42. The highest BCUT2D eigenvalue weighted by Gasteiger charge is 2.23. The molecule has 0 radical (unpaired) electrons.